The van der Waals surface area contributed by atoms with E-state index >= 15 is 0 Å². The third-order valence-corrected chi connectivity index (χ3v) is 7.33. The van der Waals surface area contributed by atoms with E-state index < -0.39 is 10.0 Å². The SMILES string of the molecule is CC1CCN(S(=O)(=O)c2ccc(C(=O)Nc3cc(Cl)ccc3N(C)C)cc2)CC1. The number of carbonyl (C=O) groups is 1. The van der Waals surface area contributed by atoms with Crippen molar-refractivity contribution in [2.75, 3.05) is 37.4 Å². The lowest BCUT2D eigenvalue weighted by molar-refractivity contribution is 0.102. The lowest BCUT2D eigenvalue weighted by Crippen LogP contribution is -2.37. The van der Waals surface area contributed by atoms with Crippen LogP contribution in [0, 0.1) is 5.92 Å². The monoisotopic (exact) mass is 435 g/mol. The van der Waals surface area contributed by atoms with Crippen molar-refractivity contribution in [3.63, 3.8) is 0 Å². The standard InChI is InChI=1S/C21H26ClN3O3S/c1-15-10-12-25(13-11-15)29(27,28)18-7-4-16(5-8-18)21(26)23-19-14-17(22)6-9-20(19)24(2)3/h4-9,14-15H,10-13H2,1-3H3,(H,23,26). The number of benzene rings is 2. The molecule has 1 saturated heterocycles. The first-order chi connectivity index (χ1) is 13.7. The summed E-state index contributed by atoms with van der Waals surface area (Å²) in [5.74, 6) is 0.220. The molecule has 1 fully saturated rings. The van der Waals surface area contributed by atoms with Crippen LogP contribution in [0.2, 0.25) is 5.02 Å². The van der Waals surface area contributed by atoms with Crippen molar-refractivity contribution >= 4 is 38.9 Å². The molecular weight excluding hydrogens is 410 g/mol. The molecular formula is C21H26ClN3O3S. The molecule has 0 radical (unpaired) electrons. The van der Waals surface area contributed by atoms with Crippen molar-refractivity contribution in [1.29, 1.82) is 0 Å². The summed E-state index contributed by atoms with van der Waals surface area (Å²) in [5.41, 5.74) is 1.79. The van der Waals surface area contributed by atoms with E-state index in [1.54, 1.807) is 12.1 Å². The Bertz CT molecular complexity index is 983. The maximum absolute atomic E-state index is 12.8. The fourth-order valence-electron chi connectivity index (χ4n) is 3.35. The van der Waals surface area contributed by atoms with Gasteiger partial charge in [-0.05, 0) is 61.2 Å². The van der Waals surface area contributed by atoms with Gasteiger partial charge >= 0.3 is 0 Å². The summed E-state index contributed by atoms with van der Waals surface area (Å²) in [6.45, 7) is 3.21. The van der Waals surface area contributed by atoms with Crippen LogP contribution in [0.4, 0.5) is 11.4 Å². The lowest BCUT2D eigenvalue weighted by atomic mass is 10.0. The zero-order valence-corrected chi connectivity index (χ0v) is 18.4. The second kappa shape index (κ2) is 8.73. The molecule has 0 aliphatic carbocycles. The van der Waals surface area contributed by atoms with Gasteiger partial charge in [0.1, 0.15) is 0 Å². The Morgan fingerprint density at radius 2 is 1.72 bits per heavy atom. The second-order valence-electron chi connectivity index (χ2n) is 7.62. The third-order valence-electron chi connectivity index (χ3n) is 5.19. The predicted molar refractivity (Wildman–Crippen MR) is 117 cm³/mol. The smallest absolute Gasteiger partial charge is 0.255 e. The van der Waals surface area contributed by atoms with Gasteiger partial charge in [-0.3, -0.25) is 4.79 Å². The topological polar surface area (TPSA) is 69.7 Å². The van der Waals surface area contributed by atoms with Crippen molar-refractivity contribution in [3.8, 4) is 0 Å². The molecule has 0 unspecified atom stereocenters. The molecule has 1 amide bonds. The molecule has 8 heteroatoms. The number of hydrogen-bond acceptors (Lipinski definition) is 4. The number of sulfonamides is 1. The summed E-state index contributed by atoms with van der Waals surface area (Å²) in [4.78, 5) is 14.8. The minimum Gasteiger partial charge on any atom is -0.376 e. The molecule has 2 aromatic carbocycles. The van der Waals surface area contributed by atoms with Gasteiger partial charge in [0, 0.05) is 37.8 Å². The van der Waals surface area contributed by atoms with Crippen LogP contribution in [0.3, 0.4) is 0 Å². The minimum atomic E-state index is -3.53. The van der Waals surface area contributed by atoms with Crippen molar-refractivity contribution < 1.29 is 13.2 Å². The van der Waals surface area contributed by atoms with Gasteiger partial charge in [-0.2, -0.15) is 4.31 Å². The summed E-state index contributed by atoms with van der Waals surface area (Å²) >= 11 is 6.06. The normalized spacial score (nSPS) is 15.9. The Labute approximate surface area is 177 Å². The van der Waals surface area contributed by atoms with Crippen LogP contribution >= 0.6 is 11.6 Å². The zero-order chi connectivity index (χ0) is 21.2. The van der Waals surface area contributed by atoms with Gasteiger partial charge in [0.05, 0.1) is 16.3 Å². The molecule has 0 spiro atoms. The molecule has 2 aromatic rings. The Hall–Kier alpha value is -2.09. The predicted octanol–water partition coefficient (Wildman–Crippen LogP) is 4.08. The van der Waals surface area contributed by atoms with Gasteiger partial charge in [-0.15, -0.1) is 0 Å². The molecule has 3 rings (SSSR count). The van der Waals surface area contributed by atoms with E-state index in [-0.39, 0.29) is 10.8 Å². The van der Waals surface area contributed by atoms with Crippen LogP contribution in [-0.2, 0) is 10.0 Å². The average Bonchev–Trinajstić information content (AvgIpc) is 2.68. The largest absolute Gasteiger partial charge is 0.376 e. The number of anilines is 2. The first-order valence-corrected chi connectivity index (χ1v) is 11.4. The first-order valence-electron chi connectivity index (χ1n) is 9.57. The van der Waals surface area contributed by atoms with E-state index in [4.69, 9.17) is 11.6 Å². The van der Waals surface area contributed by atoms with Crippen LogP contribution in [-0.4, -0.2) is 45.8 Å². The van der Waals surface area contributed by atoms with Crippen LogP contribution in [0.5, 0.6) is 0 Å². The van der Waals surface area contributed by atoms with Crippen molar-refractivity contribution in [3.05, 3.63) is 53.1 Å². The Kier molecular flexibility index (Phi) is 6.51. The van der Waals surface area contributed by atoms with E-state index in [1.807, 2.05) is 25.1 Å². The van der Waals surface area contributed by atoms with Crippen LogP contribution in [0.25, 0.3) is 0 Å². The molecule has 1 heterocycles. The van der Waals surface area contributed by atoms with Crippen LogP contribution in [0.15, 0.2) is 47.4 Å². The Balaban J connectivity index is 1.77. The second-order valence-corrected chi connectivity index (χ2v) is 10.00. The summed E-state index contributed by atoms with van der Waals surface area (Å²) in [5, 5.41) is 3.37. The van der Waals surface area contributed by atoms with E-state index in [1.165, 1.54) is 28.6 Å². The number of amides is 1. The summed E-state index contributed by atoms with van der Waals surface area (Å²) in [6.07, 6.45) is 1.74. The highest BCUT2D eigenvalue weighted by molar-refractivity contribution is 7.89. The number of rotatable bonds is 5. The van der Waals surface area contributed by atoms with Crippen molar-refractivity contribution in [2.24, 2.45) is 5.92 Å². The molecule has 29 heavy (non-hydrogen) atoms. The van der Waals surface area contributed by atoms with E-state index in [0.29, 0.717) is 35.3 Å². The van der Waals surface area contributed by atoms with Gasteiger partial charge < -0.3 is 10.2 Å². The summed E-state index contributed by atoms with van der Waals surface area (Å²) in [6, 6.07) is 11.3. The quantitative estimate of drug-likeness (QED) is 0.768. The number of halogens is 1. The highest BCUT2D eigenvalue weighted by Crippen LogP contribution is 2.28. The molecule has 0 atom stereocenters. The number of carbonyl (C=O) groups excluding carboxylic acids is 1. The maximum atomic E-state index is 12.8. The van der Waals surface area contributed by atoms with E-state index in [0.717, 1.165) is 18.5 Å². The fourth-order valence-corrected chi connectivity index (χ4v) is 4.99. The highest BCUT2D eigenvalue weighted by atomic mass is 35.5. The molecule has 0 saturated carbocycles. The van der Waals surface area contributed by atoms with Gasteiger partial charge in [-0.1, -0.05) is 18.5 Å². The van der Waals surface area contributed by atoms with Crippen molar-refractivity contribution in [2.45, 2.75) is 24.7 Å². The molecule has 1 aliphatic heterocycles. The molecule has 0 aromatic heterocycles. The molecule has 156 valence electrons. The minimum absolute atomic E-state index is 0.209. The molecule has 6 nitrogen and oxygen atoms in total. The Morgan fingerprint density at radius 1 is 1.10 bits per heavy atom. The lowest BCUT2D eigenvalue weighted by Gasteiger charge is -2.29. The molecule has 1 N–H and O–H groups in total. The number of nitrogens with one attached hydrogen (secondary N) is 1. The number of hydrogen-bond donors (Lipinski definition) is 1. The maximum Gasteiger partial charge on any atom is 0.255 e. The van der Waals surface area contributed by atoms with Gasteiger partial charge in [-0.25, -0.2) is 8.42 Å². The molecule has 1 aliphatic rings. The van der Waals surface area contributed by atoms with E-state index in [9.17, 15) is 13.2 Å². The highest BCUT2D eigenvalue weighted by Gasteiger charge is 2.28. The van der Waals surface area contributed by atoms with E-state index in [2.05, 4.69) is 12.2 Å². The van der Waals surface area contributed by atoms with Gasteiger partial charge in [0.25, 0.3) is 5.91 Å². The Morgan fingerprint density at radius 3 is 2.31 bits per heavy atom. The first kappa shape index (κ1) is 21.6. The van der Waals surface area contributed by atoms with Crippen molar-refractivity contribution in [1.82, 2.24) is 4.31 Å². The summed E-state index contributed by atoms with van der Waals surface area (Å²) in [7, 11) is 0.217. The van der Waals surface area contributed by atoms with Crippen LogP contribution < -0.4 is 10.2 Å². The van der Waals surface area contributed by atoms with Crippen LogP contribution in [0.1, 0.15) is 30.1 Å². The summed E-state index contributed by atoms with van der Waals surface area (Å²) < 4.78 is 27.2. The molecule has 0 bridgehead atoms. The number of piperidine rings is 1. The van der Waals surface area contributed by atoms with Gasteiger partial charge in [0.15, 0.2) is 0 Å². The number of nitrogens with zero attached hydrogens (tertiary/aromatic N) is 2. The van der Waals surface area contributed by atoms with Gasteiger partial charge in [0.2, 0.25) is 10.0 Å². The third kappa shape index (κ3) is 4.91. The average molecular weight is 436 g/mol. The zero-order valence-electron chi connectivity index (χ0n) is 16.9. The fraction of sp³-hybridized carbons (Fsp3) is 0.381.